The van der Waals surface area contributed by atoms with Gasteiger partial charge in [-0.2, -0.15) is 0 Å². The van der Waals surface area contributed by atoms with Gasteiger partial charge in [0, 0.05) is 6.54 Å². The number of nitrogens with two attached hydrogens (primary N) is 1. The topological polar surface area (TPSA) is 75.4 Å². The van der Waals surface area contributed by atoms with Crippen LogP contribution in [-0.2, 0) is 4.79 Å². The molecule has 0 bridgehead atoms. The Morgan fingerprint density at radius 3 is 2.67 bits per heavy atom. The summed E-state index contributed by atoms with van der Waals surface area (Å²) in [5, 5.41) is 11.0. The molecule has 4 nitrogen and oxygen atoms in total. The zero-order chi connectivity index (χ0) is 9.56. The Morgan fingerprint density at radius 2 is 2.25 bits per heavy atom. The molecule has 0 rings (SSSR count). The molecule has 72 valence electrons. The Hall–Kier alpha value is -0.610. The lowest BCUT2D eigenvalue weighted by atomic mass is 9.99. The van der Waals surface area contributed by atoms with E-state index in [0.717, 1.165) is 6.42 Å². The van der Waals surface area contributed by atoms with Crippen LogP contribution in [0.5, 0.6) is 0 Å². The molecule has 0 aliphatic rings. The quantitative estimate of drug-likeness (QED) is 0.524. The Morgan fingerprint density at radius 1 is 1.67 bits per heavy atom. The van der Waals surface area contributed by atoms with Crippen LogP contribution in [0.3, 0.4) is 0 Å². The predicted octanol–water partition coefficient (Wildman–Crippen LogP) is -0.532. The molecule has 0 aromatic heterocycles. The predicted molar refractivity (Wildman–Crippen MR) is 47.5 cm³/mol. The third-order valence-corrected chi connectivity index (χ3v) is 1.97. The summed E-state index contributed by atoms with van der Waals surface area (Å²) in [4.78, 5) is 11.2. The van der Waals surface area contributed by atoms with Crippen LogP contribution in [0.2, 0.25) is 0 Å². The van der Waals surface area contributed by atoms with Crippen molar-refractivity contribution in [3.8, 4) is 0 Å². The van der Waals surface area contributed by atoms with Gasteiger partial charge in [-0.25, -0.2) is 0 Å². The molecule has 0 heterocycles. The van der Waals surface area contributed by atoms with Crippen molar-refractivity contribution in [3.63, 3.8) is 0 Å². The fraction of sp³-hybridized carbons (Fsp3) is 0.875. The van der Waals surface area contributed by atoms with Gasteiger partial charge < -0.3 is 16.2 Å². The number of amides is 1. The highest BCUT2D eigenvalue weighted by atomic mass is 16.3. The maximum Gasteiger partial charge on any atom is 0.237 e. The molecule has 1 amide bonds. The summed E-state index contributed by atoms with van der Waals surface area (Å²) >= 11 is 0. The van der Waals surface area contributed by atoms with E-state index in [0.29, 0.717) is 0 Å². The number of hydrogen-bond donors (Lipinski definition) is 3. The van der Waals surface area contributed by atoms with Crippen LogP contribution in [-0.4, -0.2) is 30.2 Å². The van der Waals surface area contributed by atoms with Gasteiger partial charge in [-0.1, -0.05) is 20.3 Å². The first-order valence-corrected chi connectivity index (χ1v) is 4.27. The van der Waals surface area contributed by atoms with Gasteiger partial charge in [-0.05, 0) is 5.92 Å². The fourth-order valence-electron chi connectivity index (χ4n) is 0.809. The van der Waals surface area contributed by atoms with Gasteiger partial charge in [-0.3, -0.25) is 4.79 Å². The smallest absolute Gasteiger partial charge is 0.237 e. The summed E-state index contributed by atoms with van der Waals surface area (Å²) in [7, 11) is 0. The number of aliphatic hydroxyl groups is 1. The molecule has 4 heteroatoms. The van der Waals surface area contributed by atoms with Gasteiger partial charge in [0.05, 0.1) is 12.6 Å². The van der Waals surface area contributed by atoms with Crippen molar-refractivity contribution in [2.45, 2.75) is 26.3 Å². The van der Waals surface area contributed by atoms with Gasteiger partial charge >= 0.3 is 0 Å². The summed E-state index contributed by atoms with van der Waals surface area (Å²) in [6.07, 6.45) is 0.883. The second-order valence-corrected chi connectivity index (χ2v) is 2.93. The number of carbonyl (C=O) groups excluding carboxylic acids is 1. The highest BCUT2D eigenvalue weighted by Gasteiger charge is 2.18. The van der Waals surface area contributed by atoms with E-state index in [1.165, 1.54) is 0 Å². The Bertz CT molecular complexity index is 139. The summed E-state index contributed by atoms with van der Waals surface area (Å²) in [6, 6.07) is -0.457. The van der Waals surface area contributed by atoms with Crippen LogP contribution < -0.4 is 11.1 Å². The Labute approximate surface area is 73.1 Å². The number of nitrogens with one attached hydrogen (secondary N) is 1. The van der Waals surface area contributed by atoms with Crippen LogP contribution in [0.1, 0.15) is 20.3 Å². The number of carbonyl (C=O) groups is 1. The lowest BCUT2D eigenvalue weighted by Crippen LogP contribution is -2.45. The SMILES string of the molecule is CCC(C)[C@H](N)C(=O)NCCO. The number of aliphatic hydroxyl groups excluding tert-OH is 1. The van der Waals surface area contributed by atoms with Crippen LogP contribution in [0.15, 0.2) is 0 Å². The monoisotopic (exact) mass is 174 g/mol. The van der Waals surface area contributed by atoms with Crippen molar-refractivity contribution < 1.29 is 9.90 Å². The first-order valence-electron chi connectivity index (χ1n) is 4.27. The van der Waals surface area contributed by atoms with Gasteiger partial charge in [-0.15, -0.1) is 0 Å². The first-order chi connectivity index (χ1) is 5.63. The van der Waals surface area contributed by atoms with Crippen molar-refractivity contribution >= 4 is 5.91 Å². The molecule has 0 saturated carbocycles. The summed E-state index contributed by atoms with van der Waals surface area (Å²) in [6.45, 7) is 4.16. The molecule has 2 atom stereocenters. The lowest BCUT2D eigenvalue weighted by Gasteiger charge is -2.17. The molecular weight excluding hydrogens is 156 g/mol. The molecular formula is C8H18N2O2. The Balaban J connectivity index is 3.75. The zero-order valence-corrected chi connectivity index (χ0v) is 7.71. The lowest BCUT2D eigenvalue weighted by molar-refractivity contribution is -0.123. The minimum absolute atomic E-state index is 0.0427. The van der Waals surface area contributed by atoms with E-state index in [1.807, 2.05) is 13.8 Å². The van der Waals surface area contributed by atoms with Gasteiger partial charge in [0.1, 0.15) is 0 Å². The molecule has 0 aliphatic carbocycles. The van der Waals surface area contributed by atoms with E-state index in [9.17, 15) is 4.79 Å². The van der Waals surface area contributed by atoms with Crippen LogP contribution in [0, 0.1) is 5.92 Å². The summed E-state index contributed by atoms with van der Waals surface area (Å²) in [5.74, 6) is 0.00194. The minimum Gasteiger partial charge on any atom is -0.395 e. The molecule has 0 radical (unpaired) electrons. The average molecular weight is 174 g/mol. The van der Waals surface area contributed by atoms with E-state index < -0.39 is 6.04 Å². The van der Waals surface area contributed by atoms with Crippen molar-refractivity contribution in [3.05, 3.63) is 0 Å². The van der Waals surface area contributed by atoms with Crippen LogP contribution in [0.4, 0.5) is 0 Å². The van der Waals surface area contributed by atoms with Crippen LogP contribution >= 0.6 is 0 Å². The van der Waals surface area contributed by atoms with Gasteiger partial charge in [0.15, 0.2) is 0 Å². The van der Waals surface area contributed by atoms with Crippen molar-refractivity contribution in [2.75, 3.05) is 13.2 Å². The fourth-order valence-corrected chi connectivity index (χ4v) is 0.809. The van der Waals surface area contributed by atoms with Crippen LogP contribution in [0.25, 0.3) is 0 Å². The molecule has 0 saturated heterocycles. The highest BCUT2D eigenvalue weighted by molar-refractivity contribution is 5.81. The zero-order valence-electron chi connectivity index (χ0n) is 7.71. The summed E-state index contributed by atoms with van der Waals surface area (Å²) in [5.41, 5.74) is 5.62. The molecule has 0 aromatic carbocycles. The molecule has 4 N–H and O–H groups in total. The average Bonchev–Trinajstić information content (AvgIpc) is 2.11. The standard InChI is InChI=1S/C8H18N2O2/c1-3-6(2)7(9)8(12)10-4-5-11/h6-7,11H,3-5,9H2,1-2H3,(H,10,12)/t6?,7-/m0/s1. The normalized spacial score (nSPS) is 15.3. The Kier molecular flexibility index (Phi) is 5.66. The van der Waals surface area contributed by atoms with E-state index in [-0.39, 0.29) is 25.0 Å². The maximum absolute atomic E-state index is 11.2. The van der Waals surface area contributed by atoms with Gasteiger partial charge in [0.25, 0.3) is 0 Å². The third kappa shape index (κ3) is 3.69. The number of hydrogen-bond acceptors (Lipinski definition) is 3. The molecule has 0 fully saturated rings. The minimum atomic E-state index is -0.457. The largest absolute Gasteiger partial charge is 0.395 e. The molecule has 12 heavy (non-hydrogen) atoms. The third-order valence-electron chi connectivity index (χ3n) is 1.97. The van der Waals surface area contributed by atoms with E-state index in [1.54, 1.807) is 0 Å². The van der Waals surface area contributed by atoms with E-state index >= 15 is 0 Å². The molecule has 1 unspecified atom stereocenters. The molecule has 0 aliphatic heterocycles. The molecule has 0 aromatic rings. The maximum atomic E-state index is 11.2. The van der Waals surface area contributed by atoms with Crippen molar-refractivity contribution in [1.82, 2.24) is 5.32 Å². The van der Waals surface area contributed by atoms with Crippen molar-refractivity contribution in [1.29, 1.82) is 0 Å². The van der Waals surface area contributed by atoms with Gasteiger partial charge in [0.2, 0.25) is 5.91 Å². The van der Waals surface area contributed by atoms with E-state index in [4.69, 9.17) is 10.8 Å². The van der Waals surface area contributed by atoms with Crippen molar-refractivity contribution in [2.24, 2.45) is 11.7 Å². The first kappa shape index (κ1) is 11.4. The second-order valence-electron chi connectivity index (χ2n) is 2.93. The number of rotatable bonds is 5. The second kappa shape index (κ2) is 5.97. The molecule has 0 spiro atoms. The highest BCUT2D eigenvalue weighted by Crippen LogP contribution is 2.04. The van der Waals surface area contributed by atoms with E-state index in [2.05, 4.69) is 5.32 Å². The summed E-state index contributed by atoms with van der Waals surface area (Å²) < 4.78 is 0.